The van der Waals surface area contributed by atoms with Crippen molar-refractivity contribution >= 4 is 5.78 Å². The number of rotatable bonds is 2. The Bertz CT molecular complexity index is 425. The van der Waals surface area contributed by atoms with Crippen LogP contribution in [0.3, 0.4) is 0 Å². The normalized spacial score (nSPS) is 10.3. The summed E-state index contributed by atoms with van der Waals surface area (Å²) in [7, 11) is 3.09. The molecule has 0 unspecified atom stereocenters. The lowest BCUT2D eigenvalue weighted by molar-refractivity contribution is 0.365. The summed E-state index contributed by atoms with van der Waals surface area (Å²) in [5.41, 5.74) is 0. The van der Waals surface area contributed by atoms with Crippen LogP contribution in [0.2, 0.25) is 0 Å². The minimum atomic E-state index is 0.455. The molecule has 13 heavy (non-hydrogen) atoms. The topological polar surface area (TPSA) is 61.5 Å². The third-order valence-corrected chi connectivity index (χ3v) is 1.61. The Labute approximate surface area is 74.1 Å². The first-order chi connectivity index (χ1) is 6.35. The van der Waals surface area contributed by atoms with Crippen molar-refractivity contribution in [3.8, 4) is 11.8 Å². The molecule has 0 bridgehead atoms. The molecule has 0 saturated heterocycles. The second kappa shape index (κ2) is 2.89. The third-order valence-electron chi connectivity index (χ3n) is 1.61. The molecule has 6 heteroatoms. The van der Waals surface area contributed by atoms with Gasteiger partial charge in [0.2, 0.25) is 11.8 Å². The van der Waals surface area contributed by atoms with E-state index in [0.717, 1.165) is 0 Å². The molecule has 68 valence electrons. The van der Waals surface area contributed by atoms with Crippen molar-refractivity contribution in [3.63, 3.8) is 0 Å². The molecule has 2 heterocycles. The van der Waals surface area contributed by atoms with Crippen LogP contribution in [0, 0.1) is 0 Å². The van der Waals surface area contributed by atoms with Crippen LogP contribution in [-0.4, -0.2) is 33.8 Å². The highest BCUT2D eigenvalue weighted by Gasteiger charge is 2.06. The van der Waals surface area contributed by atoms with Gasteiger partial charge in [0.25, 0.3) is 5.78 Å². The highest BCUT2D eigenvalue weighted by atomic mass is 16.5. The Morgan fingerprint density at radius 3 is 2.85 bits per heavy atom. The number of methoxy groups -OCH3 is 2. The van der Waals surface area contributed by atoms with Gasteiger partial charge in [0, 0.05) is 0 Å². The lowest BCUT2D eigenvalue weighted by atomic mass is 10.6. The molecule has 0 radical (unpaired) electrons. The van der Waals surface area contributed by atoms with E-state index in [1.807, 2.05) is 0 Å². The minimum Gasteiger partial charge on any atom is -0.481 e. The van der Waals surface area contributed by atoms with Crippen molar-refractivity contribution < 1.29 is 9.47 Å². The van der Waals surface area contributed by atoms with Gasteiger partial charge >= 0.3 is 0 Å². The molecule has 2 rings (SSSR count). The predicted molar refractivity (Wildman–Crippen MR) is 43.9 cm³/mol. The van der Waals surface area contributed by atoms with Crippen LogP contribution in [0.5, 0.6) is 11.8 Å². The fraction of sp³-hybridized carbons (Fsp3) is 0.286. The summed E-state index contributed by atoms with van der Waals surface area (Å²) in [6.07, 6.45) is 1.41. The maximum Gasteiger partial charge on any atom is 0.258 e. The Kier molecular flexibility index (Phi) is 1.73. The van der Waals surface area contributed by atoms with Crippen molar-refractivity contribution in [1.29, 1.82) is 0 Å². The van der Waals surface area contributed by atoms with Gasteiger partial charge in [-0.25, -0.2) is 0 Å². The van der Waals surface area contributed by atoms with E-state index < -0.39 is 0 Å². The maximum absolute atomic E-state index is 5.07. The zero-order valence-corrected chi connectivity index (χ0v) is 7.26. The van der Waals surface area contributed by atoms with Gasteiger partial charge in [-0.05, 0) is 0 Å². The molecule has 0 atom stereocenters. The highest BCUT2D eigenvalue weighted by molar-refractivity contribution is 5.35. The fourth-order valence-electron chi connectivity index (χ4n) is 1.01. The molecule has 0 N–H and O–H groups in total. The van der Waals surface area contributed by atoms with Gasteiger partial charge in [0.05, 0.1) is 20.3 Å². The van der Waals surface area contributed by atoms with Gasteiger partial charge in [-0.2, -0.15) is 19.6 Å². The molecule has 0 saturated carbocycles. The van der Waals surface area contributed by atoms with Crippen LogP contribution in [0.15, 0.2) is 12.4 Å². The van der Waals surface area contributed by atoms with Crippen molar-refractivity contribution in [3.05, 3.63) is 12.4 Å². The minimum absolute atomic E-state index is 0.455. The summed E-state index contributed by atoms with van der Waals surface area (Å²) in [4.78, 5) is 7.97. The van der Waals surface area contributed by atoms with Crippen LogP contribution in [0.25, 0.3) is 5.78 Å². The molecule has 0 aliphatic heterocycles. The summed E-state index contributed by atoms with van der Waals surface area (Å²) in [6, 6.07) is 1.64. The molecular weight excluding hydrogens is 172 g/mol. The second-order valence-electron chi connectivity index (χ2n) is 2.31. The first-order valence-electron chi connectivity index (χ1n) is 3.64. The van der Waals surface area contributed by atoms with Crippen molar-refractivity contribution in [2.24, 2.45) is 0 Å². The van der Waals surface area contributed by atoms with Crippen LogP contribution in [0.1, 0.15) is 0 Å². The van der Waals surface area contributed by atoms with Gasteiger partial charge in [-0.1, -0.05) is 0 Å². The van der Waals surface area contributed by atoms with Crippen LogP contribution < -0.4 is 9.47 Å². The van der Waals surface area contributed by atoms with Gasteiger partial charge in [0.1, 0.15) is 6.33 Å². The molecular formula is C7H8N4O2. The predicted octanol–water partition coefficient (Wildman–Crippen LogP) is 0.141. The van der Waals surface area contributed by atoms with Crippen molar-refractivity contribution in [2.75, 3.05) is 14.2 Å². The van der Waals surface area contributed by atoms with Crippen LogP contribution >= 0.6 is 0 Å². The van der Waals surface area contributed by atoms with E-state index in [9.17, 15) is 0 Å². The summed E-state index contributed by atoms with van der Waals surface area (Å²) in [5.74, 6) is 1.45. The summed E-state index contributed by atoms with van der Waals surface area (Å²) >= 11 is 0. The second-order valence-corrected chi connectivity index (χ2v) is 2.31. The van der Waals surface area contributed by atoms with Gasteiger partial charge in [-0.15, -0.1) is 0 Å². The first-order valence-corrected chi connectivity index (χ1v) is 3.64. The van der Waals surface area contributed by atoms with E-state index in [-0.39, 0.29) is 0 Å². The summed E-state index contributed by atoms with van der Waals surface area (Å²) in [6.45, 7) is 0. The molecule has 0 fully saturated rings. The summed E-state index contributed by atoms with van der Waals surface area (Å²) < 4.78 is 11.5. The number of hydrogen-bond donors (Lipinski definition) is 0. The third kappa shape index (κ3) is 1.16. The van der Waals surface area contributed by atoms with Gasteiger partial charge in [0.15, 0.2) is 0 Å². The molecule has 0 amide bonds. The van der Waals surface area contributed by atoms with Crippen molar-refractivity contribution in [2.45, 2.75) is 0 Å². The summed E-state index contributed by atoms with van der Waals surface area (Å²) in [5, 5.41) is 3.93. The Morgan fingerprint density at radius 1 is 1.31 bits per heavy atom. The van der Waals surface area contributed by atoms with E-state index in [2.05, 4.69) is 15.1 Å². The standard InChI is InChI=1S/C7H8N4O2/c1-12-5-3-6(13-2)11-7(10-5)8-4-9-11/h3-4H,1-2H3. The van der Waals surface area contributed by atoms with Crippen LogP contribution in [-0.2, 0) is 0 Å². The lowest BCUT2D eigenvalue weighted by Gasteiger charge is -2.03. The van der Waals surface area contributed by atoms with Crippen LogP contribution in [0.4, 0.5) is 0 Å². The molecule has 2 aromatic rings. The number of hydrogen-bond acceptors (Lipinski definition) is 5. The van der Waals surface area contributed by atoms with Gasteiger partial charge < -0.3 is 9.47 Å². The fourth-order valence-corrected chi connectivity index (χ4v) is 1.01. The van der Waals surface area contributed by atoms with E-state index in [4.69, 9.17) is 9.47 Å². The monoisotopic (exact) mass is 180 g/mol. The quantitative estimate of drug-likeness (QED) is 0.657. The molecule has 2 aromatic heterocycles. The molecule has 6 nitrogen and oxygen atoms in total. The molecule has 0 spiro atoms. The Balaban J connectivity index is 2.70. The SMILES string of the molecule is COc1cc(OC)n2ncnc2n1. The number of fused-ring (bicyclic) bond motifs is 1. The number of aromatic nitrogens is 4. The molecule has 0 aliphatic rings. The lowest BCUT2D eigenvalue weighted by Crippen LogP contribution is -1.99. The number of nitrogens with zero attached hydrogens (tertiary/aromatic N) is 4. The van der Waals surface area contributed by atoms with Gasteiger partial charge in [-0.3, -0.25) is 0 Å². The Morgan fingerprint density at radius 2 is 2.15 bits per heavy atom. The average Bonchev–Trinajstić information content (AvgIpc) is 2.63. The zero-order chi connectivity index (χ0) is 9.26. The van der Waals surface area contributed by atoms with E-state index in [1.54, 1.807) is 13.2 Å². The molecule has 0 aliphatic carbocycles. The van der Waals surface area contributed by atoms with E-state index in [1.165, 1.54) is 18.0 Å². The largest absolute Gasteiger partial charge is 0.481 e. The zero-order valence-electron chi connectivity index (χ0n) is 7.26. The van der Waals surface area contributed by atoms with E-state index in [0.29, 0.717) is 17.5 Å². The maximum atomic E-state index is 5.07. The first kappa shape index (κ1) is 7.78. The van der Waals surface area contributed by atoms with Crippen molar-refractivity contribution in [1.82, 2.24) is 19.6 Å². The Hall–Kier alpha value is -1.85. The number of ether oxygens (including phenoxy) is 2. The average molecular weight is 180 g/mol. The highest BCUT2D eigenvalue weighted by Crippen LogP contribution is 2.16. The smallest absolute Gasteiger partial charge is 0.258 e. The molecule has 0 aromatic carbocycles. The van der Waals surface area contributed by atoms with E-state index >= 15 is 0 Å².